The highest BCUT2D eigenvalue weighted by Gasteiger charge is 2.07. The first-order chi connectivity index (χ1) is 9.56. The number of nitrogens with zero attached hydrogens (tertiary/aromatic N) is 1. The number of nitrogens with one attached hydrogen (secondary N) is 1. The molecule has 0 radical (unpaired) electrons. The van der Waals surface area contributed by atoms with Crippen LogP contribution < -0.4 is 10.9 Å². The molecule has 1 aromatic heterocycles. The van der Waals surface area contributed by atoms with E-state index in [2.05, 4.69) is 5.32 Å². The van der Waals surface area contributed by atoms with Crippen LogP contribution in [0.15, 0.2) is 47.4 Å². The van der Waals surface area contributed by atoms with E-state index in [1.165, 1.54) is 10.6 Å². The number of hydrogen-bond acceptors (Lipinski definition) is 2. The Balaban J connectivity index is 1.96. The van der Waals surface area contributed by atoms with Gasteiger partial charge in [0.15, 0.2) is 0 Å². The molecule has 1 N–H and O–H groups in total. The van der Waals surface area contributed by atoms with Crippen LogP contribution >= 0.6 is 23.2 Å². The van der Waals surface area contributed by atoms with Gasteiger partial charge in [0.1, 0.15) is 0 Å². The Hall–Kier alpha value is -1.78. The van der Waals surface area contributed by atoms with E-state index in [0.717, 1.165) is 0 Å². The molecule has 0 spiro atoms. The van der Waals surface area contributed by atoms with Gasteiger partial charge in [0, 0.05) is 30.3 Å². The molecule has 0 aliphatic carbocycles. The molecule has 6 heteroatoms. The minimum Gasteiger partial charge on any atom is -0.325 e. The van der Waals surface area contributed by atoms with Crippen LogP contribution in [0.5, 0.6) is 0 Å². The summed E-state index contributed by atoms with van der Waals surface area (Å²) in [5, 5.41) is 3.56. The van der Waals surface area contributed by atoms with Crippen LogP contribution in [0.25, 0.3) is 0 Å². The quantitative estimate of drug-likeness (QED) is 0.943. The number of rotatable bonds is 4. The maximum absolute atomic E-state index is 11.8. The lowest BCUT2D eigenvalue weighted by molar-refractivity contribution is -0.116. The molecule has 0 atom stereocenters. The minimum absolute atomic E-state index is 0.134. The third-order valence-electron chi connectivity index (χ3n) is 2.68. The lowest BCUT2D eigenvalue weighted by Gasteiger charge is -2.08. The van der Waals surface area contributed by atoms with Gasteiger partial charge in [-0.25, -0.2) is 0 Å². The fourth-order valence-corrected chi connectivity index (χ4v) is 2.13. The molecular weight excluding hydrogens is 299 g/mol. The molecule has 0 fully saturated rings. The summed E-state index contributed by atoms with van der Waals surface area (Å²) in [7, 11) is 0. The first kappa shape index (κ1) is 14.6. The molecule has 2 rings (SSSR count). The summed E-state index contributed by atoms with van der Waals surface area (Å²) in [6.07, 6.45) is 1.83. The van der Waals surface area contributed by atoms with Crippen molar-refractivity contribution in [3.63, 3.8) is 0 Å². The molecule has 0 saturated carbocycles. The highest BCUT2D eigenvalue weighted by atomic mass is 35.5. The van der Waals surface area contributed by atoms with Crippen molar-refractivity contribution in [2.24, 2.45) is 0 Å². The Labute approximate surface area is 125 Å². The number of carbonyl (C=O) groups is 1. The predicted molar refractivity (Wildman–Crippen MR) is 80.4 cm³/mol. The van der Waals surface area contributed by atoms with Crippen molar-refractivity contribution in [3.05, 3.63) is 63.0 Å². The van der Waals surface area contributed by atoms with Gasteiger partial charge in [-0.1, -0.05) is 29.3 Å². The summed E-state index contributed by atoms with van der Waals surface area (Å²) in [6, 6.07) is 9.69. The topological polar surface area (TPSA) is 51.1 Å². The van der Waals surface area contributed by atoms with Gasteiger partial charge in [0.05, 0.1) is 10.7 Å². The molecule has 20 heavy (non-hydrogen) atoms. The molecule has 1 heterocycles. The zero-order valence-corrected chi connectivity index (χ0v) is 12.0. The predicted octanol–water partition coefficient (Wildman–Crippen LogP) is 3.18. The summed E-state index contributed by atoms with van der Waals surface area (Å²) >= 11 is 11.7. The highest BCUT2D eigenvalue weighted by Crippen LogP contribution is 2.25. The van der Waals surface area contributed by atoms with Crippen molar-refractivity contribution in [3.8, 4) is 0 Å². The van der Waals surface area contributed by atoms with Gasteiger partial charge in [-0.15, -0.1) is 0 Å². The molecule has 104 valence electrons. The second-order valence-corrected chi connectivity index (χ2v) is 5.00. The van der Waals surface area contributed by atoms with E-state index in [4.69, 9.17) is 23.2 Å². The van der Waals surface area contributed by atoms with Crippen LogP contribution in [-0.4, -0.2) is 10.5 Å². The number of benzene rings is 1. The van der Waals surface area contributed by atoms with Crippen LogP contribution in [0.1, 0.15) is 6.42 Å². The fourth-order valence-electron chi connectivity index (χ4n) is 1.67. The van der Waals surface area contributed by atoms with Crippen molar-refractivity contribution in [2.75, 3.05) is 5.32 Å². The second-order valence-electron chi connectivity index (χ2n) is 4.15. The minimum atomic E-state index is -0.218. The maximum atomic E-state index is 11.8. The lowest BCUT2D eigenvalue weighted by atomic mass is 10.3. The van der Waals surface area contributed by atoms with Crippen molar-refractivity contribution in [2.45, 2.75) is 13.0 Å². The maximum Gasteiger partial charge on any atom is 0.250 e. The molecule has 0 bridgehead atoms. The summed E-state index contributed by atoms with van der Waals surface area (Å²) in [6.45, 7) is 0.316. The molecule has 1 amide bonds. The summed E-state index contributed by atoms with van der Waals surface area (Å²) in [5.74, 6) is -0.218. The molecule has 4 nitrogen and oxygen atoms in total. The monoisotopic (exact) mass is 310 g/mol. The van der Waals surface area contributed by atoms with Crippen molar-refractivity contribution < 1.29 is 4.79 Å². The van der Waals surface area contributed by atoms with Crippen LogP contribution in [-0.2, 0) is 11.3 Å². The Bertz CT molecular complexity index is 683. The van der Waals surface area contributed by atoms with Gasteiger partial charge in [-0.05, 0) is 24.3 Å². The lowest BCUT2D eigenvalue weighted by Crippen LogP contribution is -2.21. The molecule has 1 aromatic carbocycles. The summed E-state index contributed by atoms with van der Waals surface area (Å²) in [4.78, 5) is 23.3. The van der Waals surface area contributed by atoms with Crippen LogP contribution in [0, 0.1) is 0 Å². The molecule has 0 unspecified atom stereocenters. The summed E-state index contributed by atoms with van der Waals surface area (Å²) < 4.78 is 1.48. The molecule has 0 aliphatic heterocycles. The first-order valence-electron chi connectivity index (χ1n) is 5.96. The third kappa shape index (κ3) is 3.85. The zero-order chi connectivity index (χ0) is 14.5. The van der Waals surface area contributed by atoms with E-state index >= 15 is 0 Å². The molecular formula is C14H12Cl2N2O2. The van der Waals surface area contributed by atoms with Gasteiger partial charge in [-0.2, -0.15) is 0 Å². The molecule has 0 saturated heterocycles. The number of carbonyl (C=O) groups excluding carboxylic acids is 1. The van der Waals surface area contributed by atoms with Crippen LogP contribution in [0.2, 0.25) is 10.0 Å². The van der Waals surface area contributed by atoms with E-state index < -0.39 is 0 Å². The summed E-state index contributed by atoms with van der Waals surface area (Å²) in [5.41, 5.74) is 0.367. The van der Waals surface area contributed by atoms with E-state index in [0.29, 0.717) is 22.3 Å². The van der Waals surface area contributed by atoms with E-state index in [9.17, 15) is 9.59 Å². The Kier molecular flexibility index (Phi) is 4.82. The zero-order valence-electron chi connectivity index (χ0n) is 10.5. The van der Waals surface area contributed by atoms with E-state index in [-0.39, 0.29) is 17.9 Å². The molecule has 0 aliphatic rings. The Morgan fingerprint density at radius 1 is 1.20 bits per heavy atom. The number of aryl methyl sites for hydroxylation is 1. The fraction of sp³-hybridized carbons (Fsp3) is 0.143. The van der Waals surface area contributed by atoms with E-state index in [1.807, 2.05) is 0 Å². The van der Waals surface area contributed by atoms with Crippen molar-refractivity contribution >= 4 is 34.8 Å². The Morgan fingerprint density at radius 3 is 2.70 bits per heavy atom. The standard InChI is InChI=1S/C14H12Cl2N2O2/c15-10-4-5-12(11(16)9-10)17-13(19)6-8-18-7-2-1-3-14(18)20/h1-5,7,9H,6,8H2,(H,17,19). The normalized spacial score (nSPS) is 10.3. The van der Waals surface area contributed by atoms with Gasteiger partial charge in [0.25, 0.3) is 5.56 Å². The highest BCUT2D eigenvalue weighted by molar-refractivity contribution is 6.36. The van der Waals surface area contributed by atoms with Gasteiger partial charge < -0.3 is 9.88 Å². The largest absolute Gasteiger partial charge is 0.325 e. The van der Waals surface area contributed by atoms with Gasteiger partial charge >= 0.3 is 0 Å². The number of anilines is 1. The van der Waals surface area contributed by atoms with Gasteiger partial charge in [-0.3, -0.25) is 9.59 Å². The number of amides is 1. The first-order valence-corrected chi connectivity index (χ1v) is 6.72. The molecule has 2 aromatic rings. The van der Waals surface area contributed by atoms with Crippen molar-refractivity contribution in [1.29, 1.82) is 0 Å². The number of hydrogen-bond donors (Lipinski definition) is 1. The van der Waals surface area contributed by atoms with E-state index in [1.54, 1.807) is 36.5 Å². The van der Waals surface area contributed by atoms with Gasteiger partial charge in [0.2, 0.25) is 5.91 Å². The number of pyridine rings is 1. The second kappa shape index (κ2) is 6.59. The average molecular weight is 311 g/mol. The Morgan fingerprint density at radius 2 is 2.00 bits per heavy atom. The third-order valence-corrected chi connectivity index (χ3v) is 3.23. The number of halogens is 2. The van der Waals surface area contributed by atoms with Crippen molar-refractivity contribution in [1.82, 2.24) is 4.57 Å². The smallest absolute Gasteiger partial charge is 0.250 e. The van der Waals surface area contributed by atoms with Crippen LogP contribution in [0.3, 0.4) is 0 Å². The average Bonchev–Trinajstić information content (AvgIpc) is 2.41. The van der Waals surface area contributed by atoms with Crippen LogP contribution in [0.4, 0.5) is 5.69 Å². The number of aromatic nitrogens is 1. The SMILES string of the molecule is O=C(CCn1ccccc1=O)Nc1ccc(Cl)cc1Cl.